The zero-order chi connectivity index (χ0) is 22.9. The molecule has 1 aliphatic rings. The number of para-hydroxylation sites is 4. The Morgan fingerprint density at radius 2 is 1.73 bits per heavy atom. The summed E-state index contributed by atoms with van der Waals surface area (Å²) in [5.41, 5.74) is 3.51. The highest BCUT2D eigenvalue weighted by Crippen LogP contribution is 2.38. The van der Waals surface area contributed by atoms with E-state index < -0.39 is 0 Å². The SMILES string of the molecule is CCOc1ccccc1N1CC(c2nc3ccccc3n2Cc2c(Cl)cccc2Cl)CC1=O. The van der Waals surface area contributed by atoms with Gasteiger partial charge in [-0.1, -0.05) is 53.5 Å². The predicted octanol–water partition coefficient (Wildman–Crippen LogP) is 6.31. The van der Waals surface area contributed by atoms with Crippen molar-refractivity contribution in [1.29, 1.82) is 0 Å². The lowest BCUT2D eigenvalue weighted by molar-refractivity contribution is -0.117. The van der Waals surface area contributed by atoms with Gasteiger partial charge in [-0.25, -0.2) is 4.98 Å². The Balaban J connectivity index is 1.55. The fourth-order valence-electron chi connectivity index (χ4n) is 4.48. The molecule has 0 radical (unpaired) electrons. The Morgan fingerprint density at radius 3 is 2.52 bits per heavy atom. The molecule has 1 fully saturated rings. The third-order valence-corrected chi connectivity index (χ3v) is 6.72. The highest BCUT2D eigenvalue weighted by Gasteiger charge is 2.36. The van der Waals surface area contributed by atoms with Gasteiger partial charge in [0.2, 0.25) is 5.91 Å². The van der Waals surface area contributed by atoms with E-state index in [1.54, 1.807) is 0 Å². The minimum absolute atomic E-state index is 0.0570. The number of carbonyl (C=O) groups excluding carboxylic acids is 1. The van der Waals surface area contributed by atoms with Gasteiger partial charge in [-0.3, -0.25) is 4.79 Å². The van der Waals surface area contributed by atoms with Crippen molar-refractivity contribution in [2.75, 3.05) is 18.1 Å². The molecule has 1 atom stereocenters. The number of aromatic nitrogens is 2. The zero-order valence-electron chi connectivity index (χ0n) is 18.2. The summed E-state index contributed by atoms with van der Waals surface area (Å²) in [7, 11) is 0. The number of ether oxygens (including phenoxy) is 1. The average Bonchev–Trinajstić information content (AvgIpc) is 3.37. The molecule has 0 aliphatic carbocycles. The van der Waals surface area contributed by atoms with Crippen molar-refractivity contribution >= 4 is 45.8 Å². The Kier molecular flexibility index (Phi) is 6.00. The molecular weight excluding hydrogens is 457 g/mol. The first-order valence-corrected chi connectivity index (χ1v) is 11.7. The summed E-state index contributed by atoms with van der Waals surface area (Å²) in [6.07, 6.45) is 0.375. The fourth-order valence-corrected chi connectivity index (χ4v) is 5.00. The van der Waals surface area contributed by atoms with Crippen molar-refractivity contribution in [3.8, 4) is 5.75 Å². The third kappa shape index (κ3) is 4.07. The maximum atomic E-state index is 13.1. The van der Waals surface area contributed by atoms with E-state index in [4.69, 9.17) is 32.9 Å². The van der Waals surface area contributed by atoms with Gasteiger partial charge in [0.1, 0.15) is 11.6 Å². The van der Waals surface area contributed by atoms with Crippen LogP contribution in [0.3, 0.4) is 0 Å². The molecule has 0 saturated carbocycles. The van der Waals surface area contributed by atoms with Gasteiger partial charge < -0.3 is 14.2 Å². The van der Waals surface area contributed by atoms with Gasteiger partial charge in [0.05, 0.1) is 29.9 Å². The number of benzene rings is 3. The minimum Gasteiger partial charge on any atom is -0.492 e. The first kappa shape index (κ1) is 21.8. The molecule has 0 spiro atoms. The molecule has 1 aliphatic heterocycles. The third-order valence-electron chi connectivity index (χ3n) is 6.01. The maximum Gasteiger partial charge on any atom is 0.227 e. The highest BCUT2D eigenvalue weighted by atomic mass is 35.5. The second-order valence-corrected chi connectivity index (χ2v) is 8.87. The summed E-state index contributed by atoms with van der Waals surface area (Å²) in [6, 6.07) is 21.2. The number of imidazole rings is 1. The molecule has 5 nitrogen and oxygen atoms in total. The van der Waals surface area contributed by atoms with Crippen molar-refractivity contribution in [2.45, 2.75) is 25.8 Å². The largest absolute Gasteiger partial charge is 0.492 e. The molecule has 3 aromatic carbocycles. The molecule has 1 saturated heterocycles. The number of carbonyl (C=O) groups is 1. The van der Waals surface area contributed by atoms with Gasteiger partial charge in [0.25, 0.3) is 0 Å². The lowest BCUT2D eigenvalue weighted by Crippen LogP contribution is -2.25. The molecular formula is C26H23Cl2N3O2. The molecule has 168 valence electrons. The molecule has 1 unspecified atom stereocenters. The summed E-state index contributed by atoms with van der Waals surface area (Å²) in [5.74, 6) is 1.56. The minimum atomic E-state index is -0.0687. The van der Waals surface area contributed by atoms with Crippen LogP contribution in [0, 0.1) is 0 Å². The van der Waals surface area contributed by atoms with E-state index in [2.05, 4.69) is 4.57 Å². The van der Waals surface area contributed by atoms with Crippen molar-refractivity contribution < 1.29 is 9.53 Å². The Labute approximate surface area is 202 Å². The molecule has 1 amide bonds. The van der Waals surface area contributed by atoms with Gasteiger partial charge in [-0.05, 0) is 43.3 Å². The van der Waals surface area contributed by atoms with Crippen LogP contribution in [0.25, 0.3) is 11.0 Å². The van der Waals surface area contributed by atoms with Gasteiger partial charge in [0.15, 0.2) is 0 Å². The second-order valence-electron chi connectivity index (χ2n) is 8.05. The number of fused-ring (bicyclic) bond motifs is 1. The Hall–Kier alpha value is -3.02. The van der Waals surface area contributed by atoms with Gasteiger partial charge in [0, 0.05) is 34.5 Å². The van der Waals surface area contributed by atoms with E-state index >= 15 is 0 Å². The van der Waals surface area contributed by atoms with Crippen molar-refractivity contribution in [3.05, 3.63) is 88.2 Å². The van der Waals surface area contributed by atoms with Crippen LogP contribution < -0.4 is 9.64 Å². The number of nitrogens with zero attached hydrogens (tertiary/aromatic N) is 3. The Morgan fingerprint density at radius 1 is 1.00 bits per heavy atom. The van der Waals surface area contributed by atoms with Crippen LogP contribution in [0.15, 0.2) is 66.7 Å². The van der Waals surface area contributed by atoms with Gasteiger partial charge in [-0.2, -0.15) is 0 Å². The lowest BCUT2D eigenvalue weighted by atomic mass is 10.1. The van der Waals surface area contributed by atoms with Crippen LogP contribution in [0.1, 0.15) is 30.7 Å². The van der Waals surface area contributed by atoms with E-state index in [1.165, 1.54) is 0 Å². The quantitative estimate of drug-likeness (QED) is 0.325. The van der Waals surface area contributed by atoms with Crippen molar-refractivity contribution in [2.24, 2.45) is 0 Å². The van der Waals surface area contributed by atoms with Crippen LogP contribution in [-0.2, 0) is 11.3 Å². The normalized spacial score (nSPS) is 16.0. The maximum absolute atomic E-state index is 13.1. The van der Waals surface area contributed by atoms with Crippen molar-refractivity contribution in [3.63, 3.8) is 0 Å². The topological polar surface area (TPSA) is 47.4 Å². The number of halogens is 2. The van der Waals surface area contributed by atoms with Gasteiger partial charge in [-0.15, -0.1) is 0 Å². The van der Waals surface area contributed by atoms with E-state index in [1.807, 2.05) is 78.6 Å². The molecule has 2 heterocycles. The zero-order valence-corrected chi connectivity index (χ0v) is 19.7. The number of amides is 1. The van der Waals surface area contributed by atoms with Crippen LogP contribution in [-0.4, -0.2) is 28.6 Å². The summed E-state index contributed by atoms with van der Waals surface area (Å²) >= 11 is 13.0. The first-order valence-electron chi connectivity index (χ1n) is 11.0. The van der Waals surface area contributed by atoms with Crippen LogP contribution in [0.5, 0.6) is 5.75 Å². The molecule has 0 N–H and O–H groups in total. The number of rotatable bonds is 6. The summed E-state index contributed by atoms with van der Waals surface area (Å²) in [5, 5.41) is 1.22. The van der Waals surface area contributed by atoms with E-state index in [-0.39, 0.29) is 11.8 Å². The van der Waals surface area contributed by atoms with Crippen LogP contribution >= 0.6 is 23.2 Å². The molecule has 33 heavy (non-hydrogen) atoms. The molecule has 7 heteroatoms. The summed E-state index contributed by atoms with van der Waals surface area (Å²) in [4.78, 5) is 19.8. The standard InChI is InChI=1S/C26H23Cl2N3O2/c1-2-33-24-13-6-5-12-23(24)30-15-17(14-25(30)32)26-29-21-10-3-4-11-22(21)31(26)16-18-19(27)8-7-9-20(18)28/h3-13,17H,2,14-16H2,1H3. The van der Waals surface area contributed by atoms with Crippen LogP contribution in [0.2, 0.25) is 10.0 Å². The molecule has 0 bridgehead atoms. The van der Waals surface area contributed by atoms with Crippen LogP contribution in [0.4, 0.5) is 5.69 Å². The number of hydrogen-bond donors (Lipinski definition) is 0. The van der Waals surface area contributed by atoms with Gasteiger partial charge >= 0.3 is 0 Å². The predicted molar refractivity (Wildman–Crippen MR) is 133 cm³/mol. The number of hydrogen-bond acceptors (Lipinski definition) is 3. The highest BCUT2D eigenvalue weighted by molar-refractivity contribution is 6.36. The average molecular weight is 480 g/mol. The van der Waals surface area contributed by atoms with E-state index in [9.17, 15) is 4.79 Å². The number of anilines is 1. The monoisotopic (exact) mass is 479 g/mol. The van der Waals surface area contributed by atoms with Crippen molar-refractivity contribution in [1.82, 2.24) is 9.55 Å². The molecule has 4 aromatic rings. The summed E-state index contributed by atoms with van der Waals surface area (Å²) in [6.45, 7) is 3.49. The van der Waals surface area contributed by atoms with E-state index in [0.717, 1.165) is 28.1 Å². The Bertz CT molecular complexity index is 1310. The second kappa shape index (κ2) is 9.08. The molecule has 5 rings (SSSR count). The smallest absolute Gasteiger partial charge is 0.227 e. The lowest BCUT2D eigenvalue weighted by Gasteiger charge is -2.20. The molecule has 1 aromatic heterocycles. The first-order chi connectivity index (χ1) is 16.1. The summed E-state index contributed by atoms with van der Waals surface area (Å²) < 4.78 is 7.91. The van der Waals surface area contributed by atoms with E-state index in [0.29, 0.717) is 41.9 Å². The fraction of sp³-hybridized carbons (Fsp3) is 0.231.